The summed E-state index contributed by atoms with van der Waals surface area (Å²) in [7, 11) is 0. The molecule has 2 unspecified atom stereocenters. The van der Waals surface area contributed by atoms with Crippen LogP contribution in [0.4, 0.5) is 0 Å². The summed E-state index contributed by atoms with van der Waals surface area (Å²) in [6.07, 6.45) is 1.33. The Hall–Kier alpha value is -0.160. The van der Waals surface area contributed by atoms with Crippen LogP contribution in [0, 0.1) is 5.41 Å². The van der Waals surface area contributed by atoms with Crippen molar-refractivity contribution in [1.29, 1.82) is 0 Å². The Kier molecular flexibility index (Phi) is 4.80. The zero-order chi connectivity index (χ0) is 15.0. The van der Waals surface area contributed by atoms with Gasteiger partial charge in [-0.2, -0.15) is 0 Å². The molecule has 1 saturated carbocycles. The molecule has 20 heavy (non-hydrogen) atoms. The number of rotatable bonds is 5. The first kappa shape index (κ1) is 16.2. The van der Waals surface area contributed by atoms with E-state index in [0.717, 1.165) is 32.7 Å². The molecule has 1 heterocycles. The molecule has 0 spiro atoms. The van der Waals surface area contributed by atoms with Gasteiger partial charge in [-0.15, -0.1) is 0 Å². The summed E-state index contributed by atoms with van der Waals surface area (Å²) in [5.41, 5.74) is 6.68. The van der Waals surface area contributed by atoms with E-state index in [9.17, 15) is 0 Å². The second-order valence-corrected chi connectivity index (χ2v) is 7.43. The highest BCUT2D eigenvalue weighted by Crippen LogP contribution is 2.50. The Morgan fingerprint density at radius 1 is 1.20 bits per heavy atom. The molecule has 4 nitrogen and oxygen atoms in total. The minimum atomic E-state index is -0.0904. The molecule has 2 rings (SSSR count). The monoisotopic (exact) mass is 283 g/mol. The van der Waals surface area contributed by atoms with Crippen molar-refractivity contribution in [3.8, 4) is 0 Å². The first-order valence-electron chi connectivity index (χ1n) is 8.17. The van der Waals surface area contributed by atoms with Gasteiger partial charge in [-0.05, 0) is 27.2 Å². The molecule has 0 amide bonds. The van der Waals surface area contributed by atoms with E-state index < -0.39 is 0 Å². The Morgan fingerprint density at radius 3 is 2.25 bits per heavy atom. The molecule has 0 aromatic heterocycles. The maximum absolute atomic E-state index is 6.69. The summed E-state index contributed by atoms with van der Waals surface area (Å²) < 4.78 is 5.82. The van der Waals surface area contributed by atoms with Gasteiger partial charge >= 0.3 is 0 Å². The van der Waals surface area contributed by atoms with Crippen molar-refractivity contribution in [2.24, 2.45) is 11.1 Å². The van der Waals surface area contributed by atoms with Gasteiger partial charge in [-0.25, -0.2) is 0 Å². The molecule has 1 aliphatic carbocycles. The third kappa shape index (κ3) is 2.89. The molecule has 1 aliphatic heterocycles. The first-order chi connectivity index (χ1) is 9.30. The van der Waals surface area contributed by atoms with Gasteiger partial charge in [0.05, 0.1) is 6.10 Å². The molecule has 2 aliphatic rings. The third-order valence-electron chi connectivity index (χ3n) is 5.65. The van der Waals surface area contributed by atoms with Crippen molar-refractivity contribution in [2.45, 2.75) is 58.7 Å². The topological polar surface area (TPSA) is 41.7 Å². The molecular formula is C16H33N3O. The number of ether oxygens (including phenoxy) is 1. The SMILES string of the molecule is CCOC1CC(N)(CN2CCN(C(C)C)CC2)C1(C)C. The van der Waals surface area contributed by atoms with Crippen LogP contribution in [0.2, 0.25) is 0 Å². The average molecular weight is 283 g/mol. The van der Waals surface area contributed by atoms with Crippen molar-refractivity contribution in [3.63, 3.8) is 0 Å². The second kappa shape index (κ2) is 5.91. The lowest BCUT2D eigenvalue weighted by molar-refractivity contribution is -0.158. The van der Waals surface area contributed by atoms with Gasteiger partial charge < -0.3 is 10.5 Å². The van der Waals surface area contributed by atoms with E-state index >= 15 is 0 Å². The Morgan fingerprint density at radius 2 is 1.80 bits per heavy atom. The van der Waals surface area contributed by atoms with Crippen LogP contribution in [-0.4, -0.2) is 66.8 Å². The van der Waals surface area contributed by atoms with Crippen LogP contribution in [-0.2, 0) is 4.74 Å². The highest BCUT2D eigenvalue weighted by atomic mass is 16.5. The van der Waals surface area contributed by atoms with Gasteiger partial charge in [0.15, 0.2) is 0 Å². The smallest absolute Gasteiger partial charge is 0.0662 e. The van der Waals surface area contributed by atoms with E-state index in [0.29, 0.717) is 12.1 Å². The number of nitrogens with zero attached hydrogens (tertiary/aromatic N) is 2. The Labute approximate surface area is 124 Å². The van der Waals surface area contributed by atoms with Gasteiger partial charge in [0.1, 0.15) is 0 Å². The molecule has 2 fully saturated rings. The van der Waals surface area contributed by atoms with Crippen LogP contribution in [0.15, 0.2) is 0 Å². The van der Waals surface area contributed by atoms with Crippen molar-refractivity contribution < 1.29 is 4.74 Å². The Balaban J connectivity index is 1.85. The van der Waals surface area contributed by atoms with Crippen LogP contribution < -0.4 is 5.73 Å². The van der Waals surface area contributed by atoms with E-state index in [-0.39, 0.29) is 11.0 Å². The van der Waals surface area contributed by atoms with Crippen molar-refractivity contribution in [2.75, 3.05) is 39.3 Å². The summed E-state index contributed by atoms with van der Waals surface area (Å²) in [6.45, 7) is 17.6. The van der Waals surface area contributed by atoms with Crippen LogP contribution in [0.1, 0.15) is 41.0 Å². The molecule has 0 aromatic rings. The van der Waals surface area contributed by atoms with Crippen molar-refractivity contribution in [1.82, 2.24) is 9.80 Å². The number of nitrogens with two attached hydrogens (primary N) is 1. The lowest BCUT2D eigenvalue weighted by Crippen LogP contribution is -2.74. The molecule has 1 saturated heterocycles. The first-order valence-corrected chi connectivity index (χ1v) is 8.17. The molecule has 4 heteroatoms. The highest BCUT2D eigenvalue weighted by Gasteiger charge is 2.58. The molecule has 2 N–H and O–H groups in total. The lowest BCUT2D eigenvalue weighted by atomic mass is 9.54. The minimum Gasteiger partial charge on any atom is -0.378 e. The summed E-state index contributed by atoms with van der Waals surface area (Å²) >= 11 is 0. The fourth-order valence-electron chi connectivity index (χ4n) is 3.61. The van der Waals surface area contributed by atoms with Gasteiger partial charge in [0.2, 0.25) is 0 Å². The highest BCUT2D eigenvalue weighted by molar-refractivity contribution is 5.15. The largest absolute Gasteiger partial charge is 0.378 e. The molecule has 0 radical (unpaired) electrons. The van der Waals surface area contributed by atoms with Gasteiger partial charge in [-0.3, -0.25) is 9.80 Å². The van der Waals surface area contributed by atoms with E-state index in [4.69, 9.17) is 10.5 Å². The quantitative estimate of drug-likeness (QED) is 0.831. The standard InChI is InChI=1S/C16H33N3O/c1-6-20-14-11-16(17,15(14,4)5)12-18-7-9-19(10-8-18)13(2)3/h13-14H,6-12,17H2,1-5H3. The summed E-state index contributed by atoms with van der Waals surface area (Å²) in [4.78, 5) is 5.09. The fraction of sp³-hybridized carbons (Fsp3) is 1.00. The normalized spacial score (nSPS) is 35.2. The molecule has 2 atom stereocenters. The summed E-state index contributed by atoms with van der Waals surface area (Å²) in [5, 5.41) is 0. The van der Waals surface area contributed by atoms with E-state index in [1.165, 1.54) is 13.1 Å². The zero-order valence-corrected chi connectivity index (χ0v) is 14.0. The molecule has 0 bridgehead atoms. The lowest BCUT2D eigenvalue weighted by Gasteiger charge is -2.60. The summed E-state index contributed by atoms with van der Waals surface area (Å²) in [5.74, 6) is 0. The van der Waals surface area contributed by atoms with Crippen molar-refractivity contribution in [3.05, 3.63) is 0 Å². The minimum absolute atomic E-state index is 0.0815. The van der Waals surface area contributed by atoms with E-state index in [1.54, 1.807) is 0 Å². The zero-order valence-electron chi connectivity index (χ0n) is 14.0. The third-order valence-corrected chi connectivity index (χ3v) is 5.65. The van der Waals surface area contributed by atoms with Crippen molar-refractivity contribution >= 4 is 0 Å². The number of hydrogen-bond acceptors (Lipinski definition) is 4. The van der Waals surface area contributed by atoms with Crippen LogP contribution in [0.5, 0.6) is 0 Å². The molecule has 118 valence electrons. The van der Waals surface area contributed by atoms with Gasteiger partial charge in [-0.1, -0.05) is 13.8 Å². The fourth-order valence-corrected chi connectivity index (χ4v) is 3.61. The number of hydrogen-bond donors (Lipinski definition) is 1. The predicted molar refractivity (Wildman–Crippen MR) is 83.9 cm³/mol. The number of piperazine rings is 1. The predicted octanol–water partition coefficient (Wildman–Crippen LogP) is 1.54. The van der Waals surface area contributed by atoms with Gasteiger partial charge in [0, 0.05) is 56.3 Å². The molecule has 0 aromatic carbocycles. The second-order valence-electron chi connectivity index (χ2n) is 7.43. The van der Waals surface area contributed by atoms with Crippen LogP contribution in [0.25, 0.3) is 0 Å². The maximum Gasteiger partial charge on any atom is 0.0662 e. The summed E-state index contributed by atoms with van der Waals surface area (Å²) in [6, 6.07) is 0.659. The average Bonchev–Trinajstić information content (AvgIpc) is 2.39. The van der Waals surface area contributed by atoms with E-state index in [1.807, 2.05) is 0 Å². The van der Waals surface area contributed by atoms with Crippen LogP contribution >= 0.6 is 0 Å². The maximum atomic E-state index is 6.69. The van der Waals surface area contributed by atoms with Gasteiger partial charge in [0.25, 0.3) is 0 Å². The van der Waals surface area contributed by atoms with E-state index in [2.05, 4.69) is 44.4 Å². The molecular weight excluding hydrogens is 250 g/mol. The Bertz CT molecular complexity index is 324. The van der Waals surface area contributed by atoms with Crippen LogP contribution in [0.3, 0.4) is 0 Å².